The summed E-state index contributed by atoms with van der Waals surface area (Å²) in [6.45, 7) is 3.47. The molecule has 0 radical (unpaired) electrons. The molecule has 134 valence electrons. The Labute approximate surface area is 153 Å². The number of aryl methyl sites for hydroxylation is 1. The highest BCUT2D eigenvalue weighted by atomic mass is 32.1. The van der Waals surface area contributed by atoms with Gasteiger partial charge in [-0.05, 0) is 19.4 Å². The molecule has 2 heterocycles. The monoisotopic (exact) mass is 371 g/mol. The Hall–Kier alpha value is -3.00. The average Bonchev–Trinajstić information content (AvgIpc) is 3.03. The van der Waals surface area contributed by atoms with E-state index >= 15 is 0 Å². The second-order valence-electron chi connectivity index (χ2n) is 5.64. The lowest BCUT2D eigenvalue weighted by Gasteiger charge is -2.07. The number of imide groups is 1. The van der Waals surface area contributed by atoms with Gasteiger partial charge in [0.2, 0.25) is 5.91 Å². The number of ether oxygens (including phenoxy) is 1. The van der Waals surface area contributed by atoms with Crippen molar-refractivity contribution in [2.24, 2.45) is 0 Å². The fraction of sp³-hybridized carbons (Fsp3) is 0.222. The first-order valence-corrected chi connectivity index (χ1v) is 8.88. The lowest BCUT2D eigenvalue weighted by atomic mass is 10.1. The van der Waals surface area contributed by atoms with Gasteiger partial charge in [-0.25, -0.2) is 9.78 Å². The minimum absolute atomic E-state index is 0.154. The van der Waals surface area contributed by atoms with Gasteiger partial charge in [0, 0.05) is 10.9 Å². The van der Waals surface area contributed by atoms with E-state index in [0.29, 0.717) is 10.2 Å². The number of aromatic nitrogens is 2. The Balaban J connectivity index is 1.94. The summed E-state index contributed by atoms with van der Waals surface area (Å²) < 4.78 is 5.83. The maximum Gasteiger partial charge on any atom is 0.413 e. The van der Waals surface area contributed by atoms with Gasteiger partial charge in [-0.15, -0.1) is 11.3 Å². The summed E-state index contributed by atoms with van der Waals surface area (Å²) >= 11 is 1.37. The zero-order valence-corrected chi connectivity index (χ0v) is 15.1. The summed E-state index contributed by atoms with van der Waals surface area (Å²) in [7, 11) is 0. The topological polar surface area (TPSA) is 90.3 Å². The predicted molar refractivity (Wildman–Crippen MR) is 99.2 cm³/mol. The van der Waals surface area contributed by atoms with Crippen LogP contribution in [-0.2, 0) is 16.1 Å². The van der Waals surface area contributed by atoms with E-state index in [1.54, 1.807) is 6.92 Å². The molecule has 0 fully saturated rings. The van der Waals surface area contributed by atoms with Gasteiger partial charge in [-0.1, -0.05) is 29.8 Å². The van der Waals surface area contributed by atoms with Crippen molar-refractivity contribution in [2.75, 3.05) is 6.61 Å². The van der Waals surface area contributed by atoms with E-state index < -0.39 is 12.0 Å². The highest BCUT2D eigenvalue weighted by Gasteiger charge is 2.15. The Morgan fingerprint density at radius 3 is 2.69 bits per heavy atom. The van der Waals surface area contributed by atoms with Crippen LogP contribution < -0.4 is 10.9 Å². The van der Waals surface area contributed by atoms with Crippen LogP contribution in [0.15, 0.2) is 40.8 Å². The normalized spacial score (nSPS) is 10.7. The van der Waals surface area contributed by atoms with Gasteiger partial charge in [0.1, 0.15) is 11.4 Å². The standard InChI is InChI=1S/C18H17N3O4S/c1-3-25-18(24)20-14(22)8-21-10-19-16-15(17(21)23)13(9-26-16)12-6-4-11(2)5-7-12/h4-7,9-10H,3,8H2,1-2H3,(H,20,22,24). The van der Waals surface area contributed by atoms with Crippen molar-refractivity contribution < 1.29 is 14.3 Å². The first kappa shape index (κ1) is 17.8. The molecule has 2 amide bonds. The van der Waals surface area contributed by atoms with Gasteiger partial charge >= 0.3 is 6.09 Å². The molecule has 26 heavy (non-hydrogen) atoms. The molecule has 0 bridgehead atoms. The molecule has 1 aromatic carbocycles. The fourth-order valence-corrected chi connectivity index (χ4v) is 3.41. The maximum atomic E-state index is 12.8. The number of carbonyl (C=O) groups excluding carboxylic acids is 2. The molecule has 0 aliphatic carbocycles. The van der Waals surface area contributed by atoms with Crippen molar-refractivity contribution in [3.05, 3.63) is 51.9 Å². The third-order valence-electron chi connectivity index (χ3n) is 3.75. The van der Waals surface area contributed by atoms with Crippen LogP contribution in [0.25, 0.3) is 21.3 Å². The minimum atomic E-state index is -0.838. The molecule has 0 atom stereocenters. The summed E-state index contributed by atoms with van der Waals surface area (Å²) in [5.41, 5.74) is 2.49. The highest BCUT2D eigenvalue weighted by Crippen LogP contribution is 2.30. The highest BCUT2D eigenvalue weighted by molar-refractivity contribution is 7.17. The van der Waals surface area contributed by atoms with E-state index in [9.17, 15) is 14.4 Å². The van der Waals surface area contributed by atoms with E-state index in [0.717, 1.165) is 16.7 Å². The van der Waals surface area contributed by atoms with Crippen LogP contribution in [0.1, 0.15) is 12.5 Å². The SMILES string of the molecule is CCOC(=O)NC(=O)Cn1cnc2scc(-c3ccc(C)cc3)c2c1=O. The molecule has 0 spiro atoms. The van der Waals surface area contributed by atoms with E-state index in [2.05, 4.69) is 15.0 Å². The molecule has 8 heteroatoms. The number of hydrogen-bond acceptors (Lipinski definition) is 6. The third-order valence-corrected chi connectivity index (χ3v) is 4.64. The largest absolute Gasteiger partial charge is 0.450 e. The van der Waals surface area contributed by atoms with E-state index in [4.69, 9.17) is 0 Å². The number of hydrogen-bond donors (Lipinski definition) is 1. The van der Waals surface area contributed by atoms with Crippen LogP contribution in [0.2, 0.25) is 0 Å². The van der Waals surface area contributed by atoms with Crippen LogP contribution in [0.3, 0.4) is 0 Å². The van der Waals surface area contributed by atoms with Crippen LogP contribution in [0.4, 0.5) is 4.79 Å². The molecule has 0 saturated heterocycles. The number of fused-ring (bicyclic) bond motifs is 1. The number of rotatable bonds is 4. The molecule has 2 aromatic heterocycles. The number of nitrogens with one attached hydrogen (secondary N) is 1. The van der Waals surface area contributed by atoms with Crippen molar-refractivity contribution in [2.45, 2.75) is 20.4 Å². The summed E-state index contributed by atoms with van der Waals surface area (Å²) in [4.78, 5) is 40.9. The lowest BCUT2D eigenvalue weighted by Crippen LogP contribution is -2.36. The second kappa shape index (κ2) is 7.49. The summed E-state index contributed by atoms with van der Waals surface area (Å²) in [6, 6.07) is 7.84. The molecule has 0 aliphatic rings. The zero-order valence-electron chi connectivity index (χ0n) is 14.3. The minimum Gasteiger partial charge on any atom is -0.450 e. The molecule has 3 rings (SSSR count). The predicted octanol–water partition coefficient (Wildman–Crippen LogP) is 2.71. The molecule has 3 aromatic rings. The number of benzene rings is 1. The van der Waals surface area contributed by atoms with E-state index in [1.807, 2.05) is 36.6 Å². The smallest absolute Gasteiger partial charge is 0.413 e. The zero-order chi connectivity index (χ0) is 18.7. The van der Waals surface area contributed by atoms with Crippen LogP contribution in [0, 0.1) is 6.92 Å². The second-order valence-corrected chi connectivity index (χ2v) is 6.50. The Morgan fingerprint density at radius 2 is 2.00 bits per heavy atom. The van der Waals surface area contributed by atoms with Crippen LogP contribution in [-0.4, -0.2) is 28.2 Å². The Morgan fingerprint density at radius 1 is 1.27 bits per heavy atom. The lowest BCUT2D eigenvalue weighted by molar-refractivity contribution is -0.121. The first-order chi connectivity index (χ1) is 12.5. The first-order valence-electron chi connectivity index (χ1n) is 8.00. The average molecular weight is 371 g/mol. The third kappa shape index (κ3) is 3.65. The molecule has 0 aliphatic heterocycles. The summed E-state index contributed by atoms with van der Waals surface area (Å²) in [6.07, 6.45) is 0.473. The van der Waals surface area contributed by atoms with Gasteiger partial charge in [0.15, 0.2) is 0 Å². The van der Waals surface area contributed by atoms with Gasteiger partial charge < -0.3 is 4.74 Å². The molecular formula is C18H17N3O4S. The van der Waals surface area contributed by atoms with Crippen molar-refractivity contribution >= 4 is 33.6 Å². The van der Waals surface area contributed by atoms with Crippen LogP contribution >= 0.6 is 11.3 Å². The number of amides is 2. The fourth-order valence-electron chi connectivity index (χ4n) is 2.50. The molecule has 0 unspecified atom stereocenters. The van der Waals surface area contributed by atoms with Crippen molar-refractivity contribution in [3.63, 3.8) is 0 Å². The number of nitrogens with zero attached hydrogens (tertiary/aromatic N) is 2. The Bertz CT molecular complexity index is 1020. The van der Waals surface area contributed by atoms with Crippen molar-refractivity contribution in [1.82, 2.24) is 14.9 Å². The summed E-state index contributed by atoms with van der Waals surface area (Å²) in [5.74, 6) is -0.640. The number of thiophene rings is 1. The van der Waals surface area contributed by atoms with E-state index in [-0.39, 0.29) is 18.7 Å². The molecule has 0 saturated carbocycles. The van der Waals surface area contributed by atoms with Gasteiger partial charge in [-0.3, -0.25) is 19.5 Å². The quantitative estimate of drug-likeness (QED) is 0.761. The van der Waals surface area contributed by atoms with Crippen molar-refractivity contribution in [1.29, 1.82) is 0 Å². The van der Waals surface area contributed by atoms with Crippen LogP contribution in [0.5, 0.6) is 0 Å². The van der Waals surface area contributed by atoms with Crippen molar-refractivity contribution in [3.8, 4) is 11.1 Å². The van der Waals surface area contributed by atoms with Gasteiger partial charge in [-0.2, -0.15) is 0 Å². The van der Waals surface area contributed by atoms with Gasteiger partial charge in [0.25, 0.3) is 5.56 Å². The maximum absolute atomic E-state index is 12.8. The molecular weight excluding hydrogens is 354 g/mol. The Kier molecular flexibility index (Phi) is 5.13. The van der Waals surface area contributed by atoms with Gasteiger partial charge in [0.05, 0.1) is 18.3 Å². The van der Waals surface area contributed by atoms with E-state index in [1.165, 1.54) is 22.2 Å². The molecule has 1 N–H and O–H groups in total. The molecule has 7 nitrogen and oxygen atoms in total. The summed E-state index contributed by atoms with van der Waals surface area (Å²) in [5, 5.41) is 4.41. The number of carbonyl (C=O) groups is 2. The number of alkyl carbamates (subject to hydrolysis) is 1.